The van der Waals surface area contributed by atoms with Gasteiger partial charge in [0.05, 0.1) is 13.2 Å². The van der Waals surface area contributed by atoms with Crippen molar-refractivity contribution in [3.8, 4) is 0 Å². The Morgan fingerprint density at radius 3 is 2.29 bits per heavy atom. The second kappa shape index (κ2) is 7.00. The van der Waals surface area contributed by atoms with Crippen molar-refractivity contribution in [2.45, 2.75) is 78.6 Å². The zero-order valence-electron chi connectivity index (χ0n) is 14.4. The van der Waals surface area contributed by atoms with Crippen molar-refractivity contribution in [1.82, 2.24) is 0 Å². The summed E-state index contributed by atoms with van der Waals surface area (Å²) in [5.74, 6) is 2.47. The lowest BCUT2D eigenvalue weighted by atomic mass is 9.44. The molecule has 2 bridgehead atoms. The highest BCUT2D eigenvalue weighted by Crippen LogP contribution is 2.63. The van der Waals surface area contributed by atoms with Crippen LogP contribution in [0.25, 0.3) is 0 Å². The fourth-order valence-electron chi connectivity index (χ4n) is 5.13. The molecule has 21 heavy (non-hydrogen) atoms. The molecule has 3 unspecified atom stereocenters. The normalized spacial score (nSPS) is 31.0. The minimum atomic E-state index is -0.225. The van der Waals surface area contributed by atoms with Crippen LogP contribution in [0.3, 0.4) is 0 Å². The maximum Gasteiger partial charge on any atom is 0.0509 e. The standard InChI is InChI=1S/C19H36O2/c1-4-5-6-7-10-19(13-20,14-21)12-15-8-9-16-11-17(15)18(16,2)3/h15-17,20-21H,4-14H2,1-3H3. The number of fused-ring (bicyclic) bond motifs is 2. The molecule has 2 heteroatoms. The molecule has 3 fully saturated rings. The SMILES string of the molecule is CCCCCCC(CO)(CO)CC1CCC2CC1C2(C)C. The summed E-state index contributed by atoms with van der Waals surface area (Å²) in [6.07, 6.45) is 11.0. The van der Waals surface area contributed by atoms with Gasteiger partial charge >= 0.3 is 0 Å². The third-order valence-corrected chi connectivity index (χ3v) is 6.93. The third kappa shape index (κ3) is 3.47. The number of aliphatic hydroxyl groups excluding tert-OH is 2. The van der Waals surface area contributed by atoms with E-state index in [4.69, 9.17) is 0 Å². The molecule has 0 amide bonds. The Kier molecular flexibility index (Phi) is 5.76. The van der Waals surface area contributed by atoms with Crippen LogP contribution >= 0.6 is 0 Å². The number of hydrogen-bond acceptors (Lipinski definition) is 2. The van der Waals surface area contributed by atoms with Crippen LogP contribution in [0.4, 0.5) is 0 Å². The largest absolute Gasteiger partial charge is 0.396 e. The molecule has 2 nitrogen and oxygen atoms in total. The van der Waals surface area contributed by atoms with Crippen molar-refractivity contribution in [2.75, 3.05) is 13.2 Å². The predicted molar refractivity (Wildman–Crippen MR) is 88.1 cm³/mol. The van der Waals surface area contributed by atoms with E-state index in [1.54, 1.807) is 0 Å². The van der Waals surface area contributed by atoms with Crippen molar-refractivity contribution in [3.05, 3.63) is 0 Å². The Morgan fingerprint density at radius 2 is 1.76 bits per heavy atom. The van der Waals surface area contributed by atoms with Gasteiger partial charge in [0.1, 0.15) is 0 Å². The van der Waals surface area contributed by atoms with Gasteiger partial charge in [0.2, 0.25) is 0 Å². The molecule has 124 valence electrons. The van der Waals surface area contributed by atoms with Gasteiger partial charge in [-0.2, -0.15) is 0 Å². The van der Waals surface area contributed by atoms with Crippen molar-refractivity contribution in [2.24, 2.45) is 28.6 Å². The lowest BCUT2D eigenvalue weighted by Gasteiger charge is -2.61. The van der Waals surface area contributed by atoms with Crippen molar-refractivity contribution < 1.29 is 10.2 Å². The lowest BCUT2D eigenvalue weighted by molar-refractivity contribution is -0.123. The molecule has 3 aliphatic carbocycles. The molecule has 0 aromatic carbocycles. The van der Waals surface area contributed by atoms with E-state index in [2.05, 4.69) is 20.8 Å². The second-order valence-corrected chi connectivity index (χ2v) is 8.53. The number of rotatable bonds is 9. The summed E-state index contributed by atoms with van der Waals surface area (Å²) in [4.78, 5) is 0. The fourth-order valence-corrected chi connectivity index (χ4v) is 5.13. The molecule has 2 N–H and O–H groups in total. The Labute approximate surface area is 131 Å². The lowest BCUT2D eigenvalue weighted by Crippen LogP contribution is -2.53. The summed E-state index contributed by atoms with van der Waals surface area (Å²) in [6.45, 7) is 7.39. The average Bonchev–Trinajstić information content (AvgIpc) is 2.50. The van der Waals surface area contributed by atoms with Gasteiger partial charge in [0, 0.05) is 5.41 Å². The summed E-state index contributed by atoms with van der Waals surface area (Å²) in [7, 11) is 0. The average molecular weight is 296 g/mol. The minimum Gasteiger partial charge on any atom is -0.396 e. The van der Waals surface area contributed by atoms with Gasteiger partial charge in [0.15, 0.2) is 0 Å². The maximum atomic E-state index is 9.93. The first-order valence-electron chi connectivity index (χ1n) is 9.21. The summed E-state index contributed by atoms with van der Waals surface area (Å²) in [6, 6.07) is 0. The first kappa shape index (κ1) is 17.3. The third-order valence-electron chi connectivity index (χ3n) is 6.93. The second-order valence-electron chi connectivity index (χ2n) is 8.53. The molecule has 0 aliphatic heterocycles. The van der Waals surface area contributed by atoms with E-state index in [9.17, 15) is 10.2 Å². The van der Waals surface area contributed by atoms with Crippen molar-refractivity contribution in [1.29, 1.82) is 0 Å². The highest BCUT2D eigenvalue weighted by Gasteiger charge is 2.55. The Bertz CT molecular complexity index is 318. The molecule has 3 atom stereocenters. The van der Waals surface area contributed by atoms with Gasteiger partial charge in [-0.1, -0.05) is 46.5 Å². The molecule has 0 radical (unpaired) electrons. The quantitative estimate of drug-likeness (QED) is 0.619. The van der Waals surface area contributed by atoms with E-state index in [-0.39, 0.29) is 18.6 Å². The van der Waals surface area contributed by atoms with Crippen LogP contribution in [-0.4, -0.2) is 23.4 Å². The topological polar surface area (TPSA) is 40.5 Å². The molecule has 0 aromatic rings. The Balaban J connectivity index is 1.92. The minimum absolute atomic E-state index is 0.155. The van der Waals surface area contributed by atoms with Gasteiger partial charge < -0.3 is 10.2 Å². The fraction of sp³-hybridized carbons (Fsp3) is 1.00. The number of hydrogen-bond donors (Lipinski definition) is 2. The van der Waals surface area contributed by atoms with E-state index in [0.29, 0.717) is 5.41 Å². The van der Waals surface area contributed by atoms with Crippen LogP contribution in [0.1, 0.15) is 78.6 Å². The van der Waals surface area contributed by atoms with Crippen LogP contribution in [0, 0.1) is 28.6 Å². The number of unbranched alkanes of at least 4 members (excludes halogenated alkanes) is 3. The van der Waals surface area contributed by atoms with Gasteiger partial charge in [-0.15, -0.1) is 0 Å². The molecular weight excluding hydrogens is 260 g/mol. The highest BCUT2D eigenvalue weighted by atomic mass is 16.3. The summed E-state index contributed by atoms with van der Waals surface area (Å²) < 4.78 is 0. The zero-order chi connectivity index (χ0) is 15.5. The molecular formula is C19H36O2. The molecule has 3 aliphatic rings. The Hall–Kier alpha value is -0.0800. The van der Waals surface area contributed by atoms with E-state index in [1.165, 1.54) is 38.5 Å². The van der Waals surface area contributed by atoms with Crippen molar-refractivity contribution in [3.63, 3.8) is 0 Å². The monoisotopic (exact) mass is 296 g/mol. The van der Waals surface area contributed by atoms with Crippen LogP contribution in [0.15, 0.2) is 0 Å². The molecule has 0 spiro atoms. The van der Waals surface area contributed by atoms with Crippen molar-refractivity contribution >= 4 is 0 Å². The first-order valence-corrected chi connectivity index (χ1v) is 9.21. The van der Waals surface area contributed by atoms with Gasteiger partial charge in [-0.05, 0) is 55.3 Å². The molecule has 0 aromatic heterocycles. The predicted octanol–water partition coefficient (Wildman–Crippen LogP) is 4.39. The molecule has 3 rings (SSSR count). The van der Waals surface area contributed by atoms with Crippen LogP contribution < -0.4 is 0 Å². The van der Waals surface area contributed by atoms with Crippen LogP contribution in [0.5, 0.6) is 0 Å². The van der Waals surface area contributed by atoms with Crippen LogP contribution in [0.2, 0.25) is 0 Å². The first-order chi connectivity index (χ1) is 9.99. The molecule has 0 saturated heterocycles. The van der Waals surface area contributed by atoms with E-state index >= 15 is 0 Å². The van der Waals surface area contributed by atoms with Crippen LogP contribution in [-0.2, 0) is 0 Å². The summed E-state index contributed by atoms with van der Waals surface area (Å²) in [5.41, 5.74) is 0.276. The van der Waals surface area contributed by atoms with E-state index < -0.39 is 0 Å². The Morgan fingerprint density at radius 1 is 1.05 bits per heavy atom. The smallest absolute Gasteiger partial charge is 0.0509 e. The molecule has 3 saturated carbocycles. The summed E-state index contributed by atoms with van der Waals surface area (Å²) >= 11 is 0. The number of aliphatic hydroxyl groups is 2. The van der Waals surface area contributed by atoms with E-state index in [0.717, 1.165) is 37.0 Å². The zero-order valence-corrected chi connectivity index (χ0v) is 14.4. The van der Waals surface area contributed by atoms with Gasteiger partial charge in [-0.3, -0.25) is 0 Å². The highest BCUT2D eigenvalue weighted by molar-refractivity contribution is 5.04. The van der Waals surface area contributed by atoms with Gasteiger partial charge in [0.25, 0.3) is 0 Å². The summed E-state index contributed by atoms with van der Waals surface area (Å²) in [5, 5.41) is 19.9. The molecule has 0 heterocycles. The maximum absolute atomic E-state index is 9.93. The van der Waals surface area contributed by atoms with E-state index in [1.807, 2.05) is 0 Å². The van der Waals surface area contributed by atoms with Gasteiger partial charge in [-0.25, -0.2) is 0 Å².